The largest absolute Gasteiger partial charge is 1.00 e. The fraction of sp³-hybridized carbons (Fsp3) is 0.917. The first-order valence-corrected chi connectivity index (χ1v) is 6.07. The molecule has 1 fully saturated rings. The predicted molar refractivity (Wildman–Crippen MR) is 65.8 cm³/mol. The van der Waals surface area contributed by atoms with E-state index in [1.165, 1.54) is 39.1 Å². The SMILES string of the molecule is [CH2-]N(C)CCCN1CCN(C(C)C)CC1.[K+]. The van der Waals surface area contributed by atoms with Gasteiger partial charge in [-0.25, -0.2) is 0 Å². The van der Waals surface area contributed by atoms with E-state index >= 15 is 0 Å². The van der Waals surface area contributed by atoms with Crippen LogP contribution in [0.3, 0.4) is 0 Å². The van der Waals surface area contributed by atoms with Gasteiger partial charge in [-0.05, 0) is 40.4 Å². The molecule has 16 heavy (non-hydrogen) atoms. The van der Waals surface area contributed by atoms with Gasteiger partial charge in [-0.15, -0.1) is 0 Å². The molecule has 0 aliphatic carbocycles. The molecule has 0 bridgehead atoms. The van der Waals surface area contributed by atoms with Crippen molar-refractivity contribution in [2.45, 2.75) is 26.3 Å². The predicted octanol–water partition coefficient (Wildman–Crippen LogP) is -1.87. The third-order valence-electron chi connectivity index (χ3n) is 3.15. The third kappa shape index (κ3) is 7.06. The normalized spacial score (nSPS) is 19.1. The van der Waals surface area contributed by atoms with Crippen molar-refractivity contribution in [2.24, 2.45) is 0 Å². The molecule has 0 aromatic rings. The molecule has 0 spiro atoms. The van der Waals surface area contributed by atoms with Crippen LogP contribution in [-0.4, -0.2) is 67.1 Å². The van der Waals surface area contributed by atoms with Crippen LogP contribution in [0, 0.1) is 7.05 Å². The molecule has 0 atom stereocenters. The summed E-state index contributed by atoms with van der Waals surface area (Å²) in [6.45, 7) is 11.8. The van der Waals surface area contributed by atoms with Gasteiger partial charge in [0.15, 0.2) is 0 Å². The summed E-state index contributed by atoms with van der Waals surface area (Å²) >= 11 is 0. The monoisotopic (exact) mass is 251 g/mol. The zero-order valence-electron chi connectivity index (χ0n) is 11.6. The van der Waals surface area contributed by atoms with E-state index in [2.05, 4.69) is 30.7 Å². The Bertz CT molecular complexity index is 163. The standard InChI is InChI=1S/C12H26N3.K/c1-12(2)15-10-8-14(9-11-15)7-5-6-13(3)4;/h12H,3,5-11H2,1-2,4H3;/q-1;+1. The fourth-order valence-corrected chi connectivity index (χ4v) is 2.07. The van der Waals surface area contributed by atoms with E-state index in [-0.39, 0.29) is 51.4 Å². The molecule has 1 aliphatic rings. The maximum Gasteiger partial charge on any atom is 1.00 e. The van der Waals surface area contributed by atoms with Crippen LogP contribution in [0.1, 0.15) is 20.3 Å². The van der Waals surface area contributed by atoms with Gasteiger partial charge in [0.25, 0.3) is 0 Å². The van der Waals surface area contributed by atoms with Crippen LogP contribution in [-0.2, 0) is 0 Å². The van der Waals surface area contributed by atoms with Gasteiger partial charge in [0.05, 0.1) is 0 Å². The van der Waals surface area contributed by atoms with E-state index in [4.69, 9.17) is 0 Å². The van der Waals surface area contributed by atoms with Gasteiger partial charge in [0.1, 0.15) is 0 Å². The molecule has 0 unspecified atom stereocenters. The van der Waals surface area contributed by atoms with Gasteiger partial charge in [-0.1, -0.05) is 0 Å². The minimum atomic E-state index is 0. The van der Waals surface area contributed by atoms with Crippen LogP contribution in [0.5, 0.6) is 0 Å². The Kier molecular flexibility index (Phi) is 10.3. The van der Waals surface area contributed by atoms with Crippen molar-refractivity contribution < 1.29 is 51.4 Å². The number of rotatable bonds is 5. The van der Waals surface area contributed by atoms with Crippen molar-refractivity contribution in [1.29, 1.82) is 0 Å². The number of hydrogen-bond donors (Lipinski definition) is 0. The first-order chi connectivity index (χ1) is 7.09. The zero-order valence-corrected chi connectivity index (χ0v) is 14.7. The van der Waals surface area contributed by atoms with Crippen molar-refractivity contribution >= 4 is 0 Å². The van der Waals surface area contributed by atoms with Crippen LogP contribution in [0.25, 0.3) is 0 Å². The van der Waals surface area contributed by atoms with Crippen molar-refractivity contribution in [3.8, 4) is 0 Å². The van der Waals surface area contributed by atoms with E-state index in [9.17, 15) is 0 Å². The van der Waals surface area contributed by atoms with Crippen molar-refractivity contribution in [3.63, 3.8) is 0 Å². The molecular weight excluding hydrogens is 225 g/mol. The molecule has 0 amide bonds. The number of piperazine rings is 1. The molecule has 0 radical (unpaired) electrons. The minimum absolute atomic E-state index is 0. The first kappa shape index (κ1) is 17.5. The van der Waals surface area contributed by atoms with Gasteiger partial charge in [0.2, 0.25) is 0 Å². The third-order valence-corrected chi connectivity index (χ3v) is 3.15. The molecule has 0 N–H and O–H groups in total. The zero-order chi connectivity index (χ0) is 11.3. The van der Waals surface area contributed by atoms with Gasteiger partial charge < -0.3 is 9.80 Å². The summed E-state index contributed by atoms with van der Waals surface area (Å²) in [5.41, 5.74) is 0. The Labute approximate surface area is 144 Å². The molecule has 0 aromatic carbocycles. The molecule has 0 saturated carbocycles. The summed E-state index contributed by atoms with van der Waals surface area (Å²) in [7, 11) is 5.90. The van der Waals surface area contributed by atoms with Crippen molar-refractivity contribution in [3.05, 3.63) is 7.05 Å². The number of nitrogens with zero attached hydrogens (tertiary/aromatic N) is 3. The average Bonchev–Trinajstić information content (AvgIpc) is 2.18. The van der Waals surface area contributed by atoms with Gasteiger partial charge in [0, 0.05) is 32.2 Å². The minimum Gasteiger partial charge on any atom is -0.462 e. The Morgan fingerprint density at radius 1 is 1.19 bits per heavy atom. The maximum absolute atomic E-state index is 3.86. The quantitative estimate of drug-likeness (QED) is 0.419. The molecule has 1 aliphatic heterocycles. The molecule has 1 heterocycles. The van der Waals surface area contributed by atoms with E-state index in [1.54, 1.807) is 0 Å². The second kappa shape index (κ2) is 9.45. The van der Waals surface area contributed by atoms with Crippen molar-refractivity contribution in [1.82, 2.24) is 14.7 Å². The topological polar surface area (TPSA) is 9.72 Å². The van der Waals surface area contributed by atoms with Crippen LogP contribution >= 0.6 is 0 Å². The summed E-state index contributed by atoms with van der Waals surface area (Å²) in [6, 6.07) is 0.707. The number of hydrogen-bond acceptors (Lipinski definition) is 3. The van der Waals surface area contributed by atoms with Crippen LogP contribution in [0.15, 0.2) is 0 Å². The summed E-state index contributed by atoms with van der Waals surface area (Å²) < 4.78 is 0. The Balaban J connectivity index is 0.00000225. The first-order valence-electron chi connectivity index (χ1n) is 6.07. The second-order valence-corrected chi connectivity index (χ2v) is 4.90. The van der Waals surface area contributed by atoms with Gasteiger partial charge in [-0.2, -0.15) is 0 Å². The van der Waals surface area contributed by atoms with Crippen molar-refractivity contribution in [2.75, 3.05) is 46.3 Å². The Morgan fingerprint density at radius 2 is 1.75 bits per heavy atom. The fourth-order valence-electron chi connectivity index (χ4n) is 2.07. The maximum atomic E-state index is 3.86. The van der Waals surface area contributed by atoms with Gasteiger partial charge >= 0.3 is 51.4 Å². The Morgan fingerprint density at radius 3 is 2.19 bits per heavy atom. The van der Waals surface area contributed by atoms with Crippen LogP contribution < -0.4 is 51.4 Å². The Hall–Kier alpha value is 1.52. The smallest absolute Gasteiger partial charge is 0.462 e. The molecule has 90 valence electrons. The van der Waals surface area contributed by atoms with Crippen LogP contribution in [0.2, 0.25) is 0 Å². The molecule has 4 heteroatoms. The van der Waals surface area contributed by atoms with E-state index in [0.717, 1.165) is 6.54 Å². The molecule has 1 saturated heterocycles. The average molecular weight is 251 g/mol. The van der Waals surface area contributed by atoms with Gasteiger partial charge in [-0.3, -0.25) is 11.9 Å². The molecule has 1 rings (SSSR count). The van der Waals surface area contributed by atoms with E-state index < -0.39 is 0 Å². The summed E-state index contributed by atoms with van der Waals surface area (Å²) in [6.07, 6.45) is 1.24. The van der Waals surface area contributed by atoms with Crippen LogP contribution in [0.4, 0.5) is 0 Å². The summed E-state index contributed by atoms with van der Waals surface area (Å²) in [5.74, 6) is 0. The van der Waals surface area contributed by atoms with E-state index in [0.29, 0.717) is 6.04 Å². The van der Waals surface area contributed by atoms with E-state index in [1.807, 2.05) is 11.9 Å². The second-order valence-electron chi connectivity index (χ2n) is 4.90. The molecular formula is C12H26KN3. The molecule has 3 nitrogen and oxygen atoms in total. The summed E-state index contributed by atoms with van der Waals surface area (Å²) in [5, 5.41) is 0. The summed E-state index contributed by atoms with van der Waals surface area (Å²) in [4.78, 5) is 7.15. The molecule has 0 aromatic heterocycles.